The Morgan fingerprint density at radius 3 is 1.24 bits per heavy atom. The zero-order chi connectivity index (χ0) is 25.1. The van der Waals surface area contributed by atoms with Gasteiger partial charge in [-0.05, 0) is 44.7 Å². The summed E-state index contributed by atoms with van der Waals surface area (Å²) in [5.74, 6) is 1.97. The van der Waals surface area contributed by atoms with Crippen molar-refractivity contribution in [1.82, 2.24) is 4.90 Å². The fourth-order valence-corrected chi connectivity index (χ4v) is 5.70. The number of unbranched alkanes of at least 4 members (excludes halogenated alkanes) is 14. The van der Waals surface area contributed by atoms with Crippen LogP contribution in [0.1, 0.15) is 182 Å². The van der Waals surface area contributed by atoms with Crippen molar-refractivity contribution in [2.24, 2.45) is 11.8 Å². The van der Waals surface area contributed by atoms with Crippen molar-refractivity contribution in [3.05, 3.63) is 0 Å². The lowest BCUT2D eigenvalue weighted by molar-refractivity contribution is 0.246. The number of hydrogen-bond acceptors (Lipinski definition) is 1. The average molecular weight is 480 g/mol. The van der Waals surface area contributed by atoms with Crippen LogP contribution in [0.2, 0.25) is 0 Å². The van der Waals surface area contributed by atoms with Crippen molar-refractivity contribution in [3.63, 3.8) is 0 Å². The molecule has 0 fully saturated rings. The van der Waals surface area contributed by atoms with Crippen molar-refractivity contribution in [2.75, 3.05) is 20.1 Å². The Labute approximate surface area is 218 Å². The van der Waals surface area contributed by atoms with Gasteiger partial charge in [-0.25, -0.2) is 0 Å². The zero-order valence-electron chi connectivity index (χ0n) is 25.0. The SMILES string of the molecule is CCCCCCC(CCCC)CCCCCCCCCN(C)CC(CCCC)CCCCCC. The minimum absolute atomic E-state index is 0.939. The van der Waals surface area contributed by atoms with Crippen molar-refractivity contribution >= 4 is 0 Å². The van der Waals surface area contributed by atoms with Crippen LogP contribution in [-0.2, 0) is 0 Å². The number of hydrogen-bond donors (Lipinski definition) is 0. The summed E-state index contributed by atoms with van der Waals surface area (Å²) in [4.78, 5) is 2.65. The maximum Gasteiger partial charge on any atom is 0.000661 e. The molecule has 0 bridgehead atoms. The van der Waals surface area contributed by atoms with E-state index in [1.54, 1.807) is 0 Å². The summed E-state index contributed by atoms with van der Waals surface area (Å²) in [5, 5.41) is 0. The molecule has 0 heterocycles. The monoisotopic (exact) mass is 480 g/mol. The molecule has 0 saturated heterocycles. The molecular formula is C33H69N. The molecular weight excluding hydrogens is 410 g/mol. The number of rotatable bonds is 28. The molecule has 1 heteroatoms. The highest BCUT2D eigenvalue weighted by Gasteiger charge is 2.11. The molecule has 0 radical (unpaired) electrons. The van der Waals surface area contributed by atoms with Gasteiger partial charge in [0.2, 0.25) is 0 Å². The first kappa shape index (κ1) is 34.0. The lowest BCUT2D eigenvalue weighted by atomic mass is 9.90. The highest BCUT2D eigenvalue weighted by Crippen LogP contribution is 2.24. The van der Waals surface area contributed by atoms with Crippen LogP contribution in [0.4, 0.5) is 0 Å². The Morgan fingerprint density at radius 2 is 0.735 bits per heavy atom. The summed E-state index contributed by atoms with van der Waals surface area (Å²) in [6, 6.07) is 0. The Hall–Kier alpha value is -0.0400. The topological polar surface area (TPSA) is 3.24 Å². The largest absolute Gasteiger partial charge is 0.306 e. The van der Waals surface area contributed by atoms with Crippen molar-refractivity contribution < 1.29 is 0 Å². The zero-order valence-corrected chi connectivity index (χ0v) is 25.0. The number of nitrogens with zero attached hydrogens (tertiary/aromatic N) is 1. The van der Waals surface area contributed by atoms with Crippen LogP contribution in [-0.4, -0.2) is 25.0 Å². The minimum atomic E-state index is 0.939. The molecule has 0 spiro atoms. The van der Waals surface area contributed by atoms with Crippen LogP contribution in [0, 0.1) is 11.8 Å². The van der Waals surface area contributed by atoms with E-state index in [1.165, 1.54) is 167 Å². The molecule has 0 N–H and O–H groups in total. The lowest BCUT2D eigenvalue weighted by Gasteiger charge is -2.24. The van der Waals surface area contributed by atoms with Crippen LogP contribution in [0.25, 0.3) is 0 Å². The molecule has 2 atom stereocenters. The summed E-state index contributed by atoms with van der Waals surface area (Å²) in [6.07, 6.45) is 34.7. The first-order valence-corrected chi connectivity index (χ1v) is 16.4. The van der Waals surface area contributed by atoms with Gasteiger partial charge in [0.1, 0.15) is 0 Å². The molecule has 0 aliphatic rings. The van der Waals surface area contributed by atoms with E-state index in [9.17, 15) is 0 Å². The van der Waals surface area contributed by atoms with Crippen molar-refractivity contribution in [3.8, 4) is 0 Å². The molecule has 0 aromatic rings. The van der Waals surface area contributed by atoms with Gasteiger partial charge in [0.25, 0.3) is 0 Å². The van der Waals surface area contributed by atoms with E-state index in [-0.39, 0.29) is 0 Å². The maximum absolute atomic E-state index is 2.65. The summed E-state index contributed by atoms with van der Waals surface area (Å²) >= 11 is 0. The molecule has 34 heavy (non-hydrogen) atoms. The van der Waals surface area contributed by atoms with E-state index in [0.717, 1.165) is 11.8 Å². The second kappa shape index (κ2) is 27.5. The standard InChI is InChI=1S/C33H69N/c1-6-10-14-21-27-32(25-12-8-3)28-23-19-17-16-18-20-24-30-34(5)31-33(26-13-9-4)29-22-15-11-7-2/h32-33H,6-31H2,1-5H3. The van der Waals surface area contributed by atoms with Crippen LogP contribution >= 0.6 is 0 Å². The quantitative estimate of drug-likeness (QED) is 0.101. The summed E-state index contributed by atoms with van der Waals surface area (Å²) < 4.78 is 0. The van der Waals surface area contributed by atoms with E-state index in [0.29, 0.717) is 0 Å². The second-order valence-electron chi connectivity index (χ2n) is 11.7. The van der Waals surface area contributed by atoms with Gasteiger partial charge in [-0.3, -0.25) is 0 Å². The molecule has 0 aliphatic heterocycles. The van der Waals surface area contributed by atoms with Crippen molar-refractivity contribution in [1.29, 1.82) is 0 Å². The van der Waals surface area contributed by atoms with Crippen LogP contribution in [0.5, 0.6) is 0 Å². The molecule has 0 aliphatic carbocycles. The van der Waals surface area contributed by atoms with Gasteiger partial charge >= 0.3 is 0 Å². The van der Waals surface area contributed by atoms with Crippen LogP contribution in [0.3, 0.4) is 0 Å². The van der Waals surface area contributed by atoms with Crippen LogP contribution < -0.4 is 0 Å². The van der Waals surface area contributed by atoms with E-state index in [4.69, 9.17) is 0 Å². The third-order valence-electron chi connectivity index (χ3n) is 8.09. The molecule has 1 nitrogen and oxygen atoms in total. The Morgan fingerprint density at radius 1 is 0.382 bits per heavy atom. The second-order valence-corrected chi connectivity index (χ2v) is 11.7. The van der Waals surface area contributed by atoms with Crippen molar-refractivity contribution in [2.45, 2.75) is 182 Å². The van der Waals surface area contributed by atoms with Gasteiger partial charge in [-0.1, -0.05) is 163 Å². The average Bonchev–Trinajstić information content (AvgIpc) is 2.84. The smallest absolute Gasteiger partial charge is 0.000661 e. The van der Waals surface area contributed by atoms with E-state index >= 15 is 0 Å². The predicted molar refractivity (Wildman–Crippen MR) is 158 cm³/mol. The first-order valence-electron chi connectivity index (χ1n) is 16.4. The Kier molecular flexibility index (Phi) is 27.5. The molecule has 0 aromatic carbocycles. The molecule has 2 unspecified atom stereocenters. The predicted octanol–water partition coefficient (Wildman–Crippen LogP) is 11.6. The molecule has 0 amide bonds. The van der Waals surface area contributed by atoms with Gasteiger partial charge in [0.15, 0.2) is 0 Å². The van der Waals surface area contributed by atoms with Crippen LogP contribution in [0.15, 0.2) is 0 Å². The molecule has 0 saturated carbocycles. The van der Waals surface area contributed by atoms with Gasteiger partial charge in [-0.2, -0.15) is 0 Å². The fourth-order valence-electron chi connectivity index (χ4n) is 5.70. The lowest BCUT2D eigenvalue weighted by Crippen LogP contribution is -2.27. The third kappa shape index (κ3) is 23.7. The Bertz CT molecular complexity index is 366. The third-order valence-corrected chi connectivity index (χ3v) is 8.09. The molecule has 0 rings (SSSR count). The summed E-state index contributed by atoms with van der Waals surface area (Å²) in [6.45, 7) is 12.0. The fraction of sp³-hybridized carbons (Fsp3) is 1.00. The summed E-state index contributed by atoms with van der Waals surface area (Å²) in [7, 11) is 2.38. The highest BCUT2D eigenvalue weighted by atomic mass is 15.1. The van der Waals surface area contributed by atoms with E-state index in [1.807, 2.05) is 0 Å². The molecule has 206 valence electrons. The van der Waals surface area contributed by atoms with Gasteiger partial charge in [0, 0.05) is 6.54 Å². The molecule has 0 aromatic heterocycles. The highest BCUT2D eigenvalue weighted by molar-refractivity contribution is 4.65. The van der Waals surface area contributed by atoms with Gasteiger partial charge in [0.05, 0.1) is 0 Å². The summed E-state index contributed by atoms with van der Waals surface area (Å²) in [5.41, 5.74) is 0. The van der Waals surface area contributed by atoms with Gasteiger partial charge < -0.3 is 4.90 Å². The Balaban J connectivity index is 3.78. The minimum Gasteiger partial charge on any atom is -0.306 e. The normalized spacial score (nSPS) is 13.6. The van der Waals surface area contributed by atoms with E-state index < -0.39 is 0 Å². The maximum atomic E-state index is 2.65. The van der Waals surface area contributed by atoms with Gasteiger partial charge in [-0.15, -0.1) is 0 Å². The first-order chi connectivity index (χ1) is 16.7. The van der Waals surface area contributed by atoms with E-state index in [2.05, 4.69) is 39.6 Å².